The molecule has 0 aromatic heterocycles. The van der Waals surface area contributed by atoms with Crippen LogP contribution in [0, 0.1) is 15.5 Å². The van der Waals surface area contributed by atoms with Gasteiger partial charge >= 0.3 is 0 Å². The molecule has 0 heterocycles. The standard InChI is InChI=1S/C14H19ClN2O2/c1-2-14(6-3-7-14)10-16-9-11-4-5-12(17(18)19)8-13(11)15/h4-5,8,16H,2-3,6-7,9-10H2,1H3. The Morgan fingerprint density at radius 1 is 1.47 bits per heavy atom. The van der Waals surface area contributed by atoms with Crippen molar-refractivity contribution in [3.05, 3.63) is 38.9 Å². The van der Waals surface area contributed by atoms with Crippen molar-refractivity contribution in [2.75, 3.05) is 6.54 Å². The van der Waals surface area contributed by atoms with Crippen molar-refractivity contribution in [3.8, 4) is 0 Å². The summed E-state index contributed by atoms with van der Waals surface area (Å²) in [6.07, 6.45) is 5.12. The van der Waals surface area contributed by atoms with Crippen molar-refractivity contribution in [1.29, 1.82) is 0 Å². The fourth-order valence-corrected chi connectivity index (χ4v) is 2.83. The zero-order chi connectivity index (χ0) is 13.9. The number of non-ortho nitro benzene ring substituents is 1. The third-order valence-corrected chi connectivity index (χ3v) is 4.58. The molecule has 0 spiro atoms. The Hall–Kier alpha value is -1.13. The molecule has 4 nitrogen and oxygen atoms in total. The van der Waals surface area contributed by atoms with Crippen LogP contribution in [0.5, 0.6) is 0 Å². The van der Waals surface area contributed by atoms with E-state index in [1.807, 2.05) is 0 Å². The van der Waals surface area contributed by atoms with E-state index in [2.05, 4.69) is 12.2 Å². The molecule has 0 radical (unpaired) electrons. The van der Waals surface area contributed by atoms with E-state index in [0.717, 1.165) is 12.1 Å². The highest BCUT2D eigenvalue weighted by Crippen LogP contribution is 2.43. The number of nitrogens with zero attached hydrogens (tertiary/aromatic N) is 1. The molecule has 19 heavy (non-hydrogen) atoms. The minimum Gasteiger partial charge on any atom is -0.312 e. The van der Waals surface area contributed by atoms with Crippen LogP contribution in [0.3, 0.4) is 0 Å². The van der Waals surface area contributed by atoms with E-state index in [0.29, 0.717) is 17.0 Å². The number of halogens is 1. The van der Waals surface area contributed by atoms with Gasteiger partial charge in [-0.1, -0.05) is 24.9 Å². The van der Waals surface area contributed by atoms with Crippen molar-refractivity contribution in [2.24, 2.45) is 5.41 Å². The summed E-state index contributed by atoms with van der Waals surface area (Å²) in [5.41, 5.74) is 1.42. The zero-order valence-electron chi connectivity index (χ0n) is 11.1. The third kappa shape index (κ3) is 3.25. The maximum Gasteiger partial charge on any atom is 0.270 e. The summed E-state index contributed by atoms with van der Waals surface area (Å²) < 4.78 is 0. The lowest BCUT2D eigenvalue weighted by Crippen LogP contribution is -2.39. The van der Waals surface area contributed by atoms with Crippen molar-refractivity contribution < 1.29 is 4.92 Å². The third-order valence-electron chi connectivity index (χ3n) is 4.23. The van der Waals surface area contributed by atoms with Crippen LogP contribution in [-0.4, -0.2) is 11.5 Å². The molecule has 0 saturated heterocycles. The molecule has 0 amide bonds. The molecule has 1 aliphatic carbocycles. The quantitative estimate of drug-likeness (QED) is 0.635. The van der Waals surface area contributed by atoms with Gasteiger partial charge in [0.15, 0.2) is 0 Å². The number of hydrogen-bond donors (Lipinski definition) is 1. The van der Waals surface area contributed by atoms with Crippen LogP contribution >= 0.6 is 11.6 Å². The van der Waals surface area contributed by atoms with E-state index in [-0.39, 0.29) is 5.69 Å². The average Bonchev–Trinajstić information content (AvgIpc) is 2.34. The lowest BCUT2D eigenvalue weighted by Gasteiger charge is -2.41. The van der Waals surface area contributed by atoms with Crippen LogP contribution in [0.2, 0.25) is 5.02 Å². The molecule has 0 atom stereocenters. The largest absolute Gasteiger partial charge is 0.312 e. The summed E-state index contributed by atoms with van der Waals surface area (Å²) in [6, 6.07) is 4.65. The number of nitro benzene ring substituents is 1. The van der Waals surface area contributed by atoms with Crippen LogP contribution in [-0.2, 0) is 6.54 Å². The molecular formula is C14H19ClN2O2. The van der Waals surface area contributed by atoms with Gasteiger partial charge in [-0.25, -0.2) is 0 Å². The van der Waals surface area contributed by atoms with E-state index >= 15 is 0 Å². The summed E-state index contributed by atoms with van der Waals surface area (Å²) in [6.45, 7) is 3.90. The Morgan fingerprint density at radius 3 is 2.68 bits per heavy atom. The van der Waals surface area contributed by atoms with E-state index in [1.54, 1.807) is 6.07 Å². The Morgan fingerprint density at radius 2 is 2.21 bits per heavy atom. The Balaban J connectivity index is 1.91. The number of nitro groups is 1. The van der Waals surface area contributed by atoms with Gasteiger partial charge in [0.25, 0.3) is 5.69 Å². The van der Waals surface area contributed by atoms with Crippen molar-refractivity contribution >= 4 is 17.3 Å². The molecule has 104 valence electrons. The van der Waals surface area contributed by atoms with Crippen LogP contribution in [0.15, 0.2) is 18.2 Å². The predicted molar refractivity (Wildman–Crippen MR) is 76.4 cm³/mol. The number of nitrogens with one attached hydrogen (secondary N) is 1. The maximum absolute atomic E-state index is 10.6. The van der Waals surface area contributed by atoms with Crippen molar-refractivity contribution in [2.45, 2.75) is 39.2 Å². The molecule has 2 rings (SSSR count). The predicted octanol–water partition coefficient (Wildman–Crippen LogP) is 3.92. The second-order valence-corrected chi connectivity index (χ2v) is 5.75. The van der Waals surface area contributed by atoms with Crippen LogP contribution in [0.1, 0.15) is 38.2 Å². The van der Waals surface area contributed by atoms with Gasteiger partial charge in [-0.05, 0) is 36.3 Å². The number of rotatable bonds is 6. The van der Waals surface area contributed by atoms with Crippen LogP contribution in [0.25, 0.3) is 0 Å². The lowest BCUT2D eigenvalue weighted by atomic mass is 9.67. The van der Waals surface area contributed by atoms with Gasteiger partial charge in [-0.3, -0.25) is 10.1 Å². The summed E-state index contributed by atoms with van der Waals surface area (Å²) in [4.78, 5) is 10.2. The highest BCUT2D eigenvalue weighted by molar-refractivity contribution is 6.31. The molecule has 1 aliphatic rings. The minimum absolute atomic E-state index is 0.0396. The second-order valence-electron chi connectivity index (χ2n) is 5.34. The molecule has 1 saturated carbocycles. The number of hydrogen-bond acceptors (Lipinski definition) is 3. The molecule has 1 fully saturated rings. The van der Waals surface area contributed by atoms with Crippen molar-refractivity contribution in [1.82, 2.24) is 5.32 Å². The fourth-order valence-electron chi connectivity index (χ4n) is 2.59. The van der Waals surface area contributed by atoms with Crippen LogP contribution < -0.4 is 5.32 Å². The highest BCUT2D eigenvalue weighted by atomic mass is 35.5. The average molecular weight is 283 g/mol. The Bertz CT molecular complexity index is 467. The summed E-state index contributed by atoms with van der Waals surface area (Å²) in [5, 5.41) is 14.5. The topological polar surface area (TPSA) is 55.2 Å². The Kier molecular flexibility index (Phi) is 4.42. The van der Waals surface area contributed by atoms with E-state index in [1.165, 1.54) is 37.8 Å². The van der Waals surface area contributed by atoms with E-state index in [9.17, 15) is 10.1 Å². The van der Waals surface area contributed by atoms with Gasteiger partial charge in [-0.2, -0.15) is 0 Å². The van der Waals surface area contributed by atoms with Gasteiger partial charge in [-0.15, -0.1) is 0 Å². The van der Waals surface area contributed by atoms with Gasteiger partial charge in [0.05, 0.1) is 9.95 Å². The first kappa shape index (κ1) is 14.3. The van der Waals surface area contributed by atoms with Gasteiger partial charge in [0, 0.05) is 25.2 Å². The first-order valence-corrected chi connectivity index (χ1v) is 7.08. The smallest absolute Gasteiger partial charge is 0.270 e. The molecule has 5 heteroatoms. The molecule has 0 unspecified atom stereocenters. The molecule has 1 aromatic carbocycles. The summed E-state index contributed by atoms with van der Waals surface area (Å²) in [5.74, 6) is 0. The SMILES string of the molecule is CCC1(CNCc2ccc([N+](=O)[O-])cc2Cl)CCC1. The zero-order valence-corrected chi connectivity index (χ0v) is 11.9. The van der Waals surface area contributed by atoms with Gasteiger partial charge in [0.2, 0.25) is 0 Å². The van der Waals surface area contributed by atoms with E-state index in [4.69, 9.17) is 11.6 Å². The van der Waals surface area contributed by atoms with E-state index < -0.39 is 4.92 Å². The monoisotopic (exact) mass is 282 g/mol. The fraction of sp³-hybridized carbons (Fsp3) is 0.571. The summed E-state index contributed by atoms with van der Waals surface area (Å²) in [7, 11) is 0. The maximum atomic E-state index is 10.6. The van der Waals surface area contributed by atoms with Gasteiger partial charge in [0.1, 0.15) is 0 Å². The van der Waals surface area contributed by atoms with Gasteiger partial charge < -0.3 is 5.32 Å². The molecular weight excluding hydrogens is 264 g/mol. The van der Waals surface area contributed by atoms with Crippen molar-refractivity contribution in [3.63, 3.8) is 0 Å². The van der Waals surface area contributed by atoms with Crippen LogP contribution in [0.4, 0.5) is 5.69 Å². The first-order valence-electron chi connectivity index (χ1n) is 6.70. The lowest BCUT2D eigenvalue weighted by molar-refractivity contribution is -0.384. The normalized spacial score (nSPS) is 16.9. The molecule has 0 bridgehead atoms. The minimum atomic E-state index is -0.427. The second kappa shape index (κ2) is 5.88. The molecule has 1 aromatic rings. The Labute approximate surface area is 118 Å². The highest BCUT2D eigenvalue weighted by Gasteiger charge is 2.34. The first-order chi connectivity index (χ1) is 9.06. The molecule has 1 N–H and O–H groups in total. The number of benzene rings is 1. The molecule has 0 aliphatic heterocycles. The summed E-state index contributed by atoms with van der Waals surface area (Å²) >= 11 is 6.06.